The quantitative estimate of drug-likeness (QED) is 0.909. The lowest BCUT2D eigenvalue weighted by molar-refractivity contribution is 0.0785. The number of amides is 1. The molecule has 5 nitrogen and oxygen atoms in total. The molecule has 25 heavy (non-hydrogen) atoms. The highest BCUT2D eigenvalue weighted by molar-refractivity contribution is 5.96. The molecule has 1 aromatic heterocycles. The van der Waals surface area contributed by atoms with Crippen LogP contribution < -0.4 is 5.73 Å². The molecule has 6 heteroatoms. The maximum Gasteiger partial charge on any atom is 0.257 e. The third kappa shape index (κ3) is 3.58. The van der Waals surface area contributed by atoms with Gasteiger partial charge in [-0.1, -0.05) is 30.3 Å². The van der Waals surface area contributed by atoms with E-state index in [4.69, 9.17) is 5.73 Å². The van der Waals surface area contributed by atoms with Crippen LogP contribution in [0.25, 0.3) is 0 Å². The summed E-state index contributed by atoms with van der Waals surface area (Å²) < 4.78 is 1.90. The molecule has 136 valence electrons. The highest BCUT2D eigenvalue weighted by atomic mass is 35.5. The van der Waals surface area contributed by atoms with Crippen LogP contribution in [-0.2, 0) is 6.54 Å². The van der Waals surface area contributed by atoms with Crippen LogP contribution in [0.4, 0.5) is 0 Å². The molecule has 1 aliphatic heterocycles. The first-order chi connectivity index (χ1) is 11.6. The zero-order valence-electron chi connectivity index (χ0n) is 15.1. The van der Waals surface area contributed by atoms with Crippen molar-refractivity contribution in [3.05, 3.63) is 52.8 Å². The summed E-state index contributed by atoms with van der Waals surface area (Å²) in [5, 5.41) is 4.48. The Labute approximate surface area is 155 Å². The van der Waals surface area contributed by atoms with Crippen molar-refractivity contribution in [2.24, 2.45) is 11.7 Å². The van der Waals surface area contributed by atoms with Gasteiger partial charge in [-0.05, 0) is 38.8 Å². The van der Waals surface area contributed by atoms with Crippen LogP contribution >= 0.6 is 12.4 Å². The predicted molar refractivity (Wildman–Crippen MR) is 102 cm³/mol. The minimum absolute atomic E-state index is 0. The van der Waals surface area contributed by atoms with Gasteiger partial charge >= 0.3 is 0 Å². The molecule has 1 saturated heterocycles. The largest absolute Gasteiger partial charge is 0.338 e. The van der Waals surface area contributed by atoms with Crippen LogP contribution in [0.15, 0.2) is 30.3 Å². The van der Waals surface area contributed by atoms with E-state index in [9.17, 15) is 4.79 Å². The Morgan fingerprint density at radius 3 is 2.48 bits per heavy atom. The minimum Gasteiger partial charge on any atom is -0.338 e. The standard InChI is InChI=1S/C19H26N4O.ClH/c1-4-23-14(3)18(13(2)21-23)19(24)22-11-16(10-20)17(12-22)15-8-6-5-7-9-15;/h5-9,16-17H,4,10-12,20H2,1-3H3;1H/t16-,17+;/m1./s1. The summed E-state index contributed by atoms with van der Waals surface area (Å²) in [6, 6.07) is 10.4. The molecule has 0 aliphatic carbocycles. The number of benzene rings is 1. The third-order valence-corrected chi connectivity index (χ3v) is 5.15. The zero-order chi connectivity index (χ0) is 17.3. The van der Waals surface area contributed by atoms with Gasteiger partial charge in [0, 0.05) is 31.2 Å². The Balaban J connectivity index is 0.00000225. The SMILES string of the molecule is CCn1nc(C)c(C(=O)N2C[C@@H](CN)[C@H](c3ccccc3)C2)c1C.Cl. The van der Waals surface area contributed by atoms with Crippen molar-refractivity contribution in [2.75, 3.05) is 19.6 Å². The van der Waals surface area contributed by atoms with Gasteiger partial charge in [-0.15, -0.1) is 12.4 Å². The van der Waals surface area contributed by atoms with Crippen molar-refractivity contribution in [3.63, 3.8) is 0 Å². The van der Waals surface area contributed by atoms with Gasteiger partial charge in [0.25, 0.3) is 5.91 Å². The van der Waals surface area contributed by atoms with Crippen molar-refractivity contribution in [3.8, 4) is 0 Å². The van der Waals surface area contributed by atoms with E-state index in [1.54, 1.807) is 0 Å². The van der Waals surface area contributed by atoms with E-state index in [1.807, 2.05) is 48.6 Å². The first-order valence-electron chi connectivity index (χ1n) is 8.65. The molecule has 2 N–H and O–H groups in total. The molecule has 2 atom stereocenters. The lowest BCUT2D eigenvalue weighted by atomic mass is 9.89. The van der Waals surface area contributed by atoms with Crippen LogP contribution in [0, 0.1) is 19.8 Å². The fourth-order valence-corrected chi connectivity index (χ4v) is 3.83. The van der Waals surface area contributed by atoms with E-state index in [0.29, 0.717) is 24.9 Å². The third-order valence-electron chi connectivity index (χ3n) is 5.15. The highest BCUT2D eigenvalue weighted by Gasteiger charge is 2.36. The highest BCUT2D eigenvalue weighted by Crippen LogP contribution is 2.33. The van der Waals surface area contributed by atoms with E-state index in [-0.39, 0.29) is 18.3 Å². The van der Waals surface area contributed by atoms with E-state index < -0.39 is 0 Å². The lowest BCUT2D eigenvalue weighted by Crippen LogP contribution is -2.30. The maximum absolute atomic E-state index is 13.1. The molecule has 2 aromatic rings. The number of carbonyl (C=O) groups is 1. The summed E-state index contributed by atoms with van der Waals surface area (Å²) in [4.78, 5) is 15.0. The molecule has 0 radical (unpaired) electrons. The molecule has 0 unspecified atom stereocenters. The van der Waals surface area contributed by atoms with E-state index in [1.165, 1.54) is 5.56 Å². The molecule has 1 amide bonds. The Bertz CT molecular complexity index is 729. The first-order valence-corrected chi connectivity index (χ1v) is 8.65. The summed E-state index contributed by atoms with van der Waals surface area (Å²) in [5.74, 6) is 0.696. The second-order valence-corrected chi connectivity index (χ2v) is 6.58. The van der Waals surface area contributed by atoms with Crippen molar-refractivity contribution >= 4 is 18.3 Å². The van der Waals surface area contributed by atoms with E-state index in [0.717, 1.165) is 30.0 Å². The van der Waals surface area contributed by atoms with E-state index in [2.05, 4.69) is 17.2 Å². The van der Waals surface area contributed by atoms with Gasteiger partial charge in [-0.25, -0.2) is 0 Å². The van der Waals surface area contributed by atoms with Crippen molar-refractivity contribution in [1.82, 2.24) is 14.7 Å². The summed E-state index contributed by atoms with van der Waals surface area (Å²) >= 11 is 0. The number of hydrogen-bond donors (Lipinski definition) is 1. The number of aromatic nitrogens is 2. The fraction of sp³-hybridized carbons (Fsp3) is 0.474. The average molecular weight is 363 g/mol. The van der Waals surface area contributed by atoms with Crippen LogP contribution in [0.1, 0.15) is 40.2 Å². The van der Waals surface area contributed by atoms with Crippen molar-refractivity contribution < 1.29 is 4.79 Å². The lowest BCUT2D eigenvalue weighted by Gasteiger charge is -2.17. The first kappa shape index (κ1) is 19.5. The van der Waals surface area contributed by atoms with Crippen LogP contribution in [0.5, 0.6) is 0 Å². The minimum atomic E-state index is 0. The summed E-state index contributed by atoms with van der Waals surface area (Å²) in [6.07, 6.45) is 0. The Morgan fingerprint density at radius 1 is 1.24 bits per heavy atom. The molecule has 1 fully saturated rings. The van der Waals surface area contributed by atoms with Gasteiger partial charge in [0.2, 0.25) is 0 Å². The molecule has 0 spiro atoms. The van der Waals surface area contributed by atoms with Crippen molar-refractivity contribution in [2.45, 2.75) is 33.2 Å². The number of nitrogens with two attached hydrogens (primary N) is 1. The maximum atomic E-state index is 13.1. The summed E-state index contributed by atoms with van der Waals surface area (Å²) in [6.45, 7) is 8.73. The number of carbonyl (C=O) groups excluding carboxylic acids is 1. The van der Waals surface area contributed by atoms with Gasteiger partial charge in [0.15, 0.2) is 0 Å². The summed E-state index contributed by atoms with van der Waals surface area (Å²) in [7, 11) is 0. The molecule has 1 aliphatic rings. The van der Waals surface area contributed by atoms with Crippen LogP contribution in [-0.4, -0.2) is 40.2 Å². The Morgan fingerprint density at radius 2 is 1.92 bits per heavy atom. The monoisotopic (exact) mass is 362 g/mol. The topological polar surface area (TPSA) is 64.2 Å². The second kappa shape index (κ2) is 8.02. The van der Waals surface area contributed by atoms with Gasteiger partial charge in [-0.2, -0.15) is 5.10 Å². The number of aryl methyl sites for hydroxylation is 2. The number of halogens is 1. The molecule has 0 saturated carbocycles. The fourth-order valence-electron chi connectivity index (χ4n) is 3.83. The molecular weight excluding hydrogens is 336 g/mol. The molecule has 0 bridgehead atoms. The molecular formula is C19H27ClN4O. The number of hydrogen-bond acceptors (Lipinski definition) is 3. The van der Waals surface area contributed by atoms with Crippen LogP contribution in [0.2, 0.25) is 0 Å². The van der Waals surface area contributed by atoms with E-state index >= 15 is 0 Å². The number of likely N-dealkylation sites (tertiary alicyclic amines) is 1. The predicted octanol–water partition coefficient (Wildman–Crippen LogP) is 2.76. The Hall–Kier alpha value is -1.85. The molecule has 3 rings (SSSR count). The average Bonchev–Trinajstić information content (AvgIpc) is 3.16. The molecule has 1 aromatic carbocycles. The van der Waals surface area contributed by atoms with Crippen LogP contribution in [0.3, 0.4) is 0 Å². The number of nitrogens with zero attached hydrogens (tertiary/aromatic N) is 3. The zero-order valence-corrected chi connectivity index (χ0v) is 15.9. The van der Waals surface area contributed by atoms with Gasteiger partial charge in [-0.3, -0.25) is 9.48 Å². The van der Waals surface area contributed by atoms with Gasteiger partial charge in [0.1, 0.15) is 0 Å². The Kier molecular flexibility index (Phi) is 6.25. The van der Waals surface area contributed by atoms with Crippen molar-refractivity contribution in [1.29, 1.82) is 0 Å². The smallest absolute Gasteiger partial charge is 0.257 e. The van der Waals surface area contributed by atoms with Gasteiger partial charge in [0.05, 0.1) is 11.3 Å². The number of rotatable bonds is 4. The summed E-state index contributed by atoms with van der Waals surface area (Å²) in [5.41, 5.74) is 9.77. The molecule has 2 heterocycles. The second-order valence-electron chi connectivity index (χ2n) is 6.58. The normalized spacial score (nSPS) is 19.8. The van der Waals surface area contributed by atoms with Gasteiger partial charge < -0.3 is 10.6 Å².